The molecule has 3 aromatic rings. The van der Waals surface area contributed by atoms with Crippen LogP contribution >= 0.6 is 0 Å². The molecule has 10 heteroatoms. The highest BCUT2D eigenvalue weighted by Gasteiger charge is 2.21. The molecule has 148 valence electrons. The van der Waals surface area contributed by atoms with Crippen molar-refractivity contribution in [3.05, 3.63) is 74.8 Å². The lowest BCUT2D eigenvalue weighted by Gasteiger charge is -2.13. The van der Waals surface area contributed by atoms with E-state index in [2.05, 4.69) is 4.72 Å². The molecular weight excluding hydrogens is 389 g/mol. The molecule has 1 aromatic carbocycles. The lowest BCUT2D eigenvalue weighted by molar-refractivity contribution is 0.472. The van der Waals surface area contributed by atoms with Gasteiger partial charge in [-0.1, -0.05) is 12.1 Å². The molecule has 0 spiro atoms. The first kappa shape index (κ1) is 19.6. The van der Waals surface area contributed by atoms with E-state index in [0.717, 1.165) is 6.20 Å². The molecule has 0 radical (unpaired) electrons. The van der Waals surface area contributed by atoms with Gasteiger partial charge in [0.05, 0.1) is 11.8 Å². The maximum absolute atomic E-state index is 13.0. The lowest BCUT2D eigenvalue weighted by Crippen LogP contribution is -2.28. The van der Waals surface area contributed by atoms with Gasteiger partial charge in [-0.15, -0.1) is 0 Å². The highest BCUT2D eigenvalue weighted by molar-refractivity contribution is 7.93. The monoisotopic (exact) mass is 407 g/mol. The molecule has 0 aliphatic carbocycles. The number of aromatic nitrogens is 2. The van der Waals surface area contributed by atoms with Crippen molar-refractivity contribution in [1.29, 1.82) is 0 Å². The van der Waals surface area contributed by atoms with Crippen LogP contribution < -0.4 is 15.7 Å². The molecule has 0 saturated carbocycles. The summed E-state index contributed by atoms with van der Waals surface area (Å²) < 4.78 is 41.6. The molecule has 3 rings (SSSR count). The van der Waals surface area contributed by atoms with Crippen molar-refractivity contribution in [2.75, 3.05) is 4.72 Å². The van der Waals surface area contributed by atoms with Crippen molar-refractivity contribution in [2.45, 2.75) is 25.6 Å². The molecule has 0 aliphatic heterocycles. The smallest absolute Gasteiger partial charge is 0.279 e. The Morgan fingerprint density at radius 2 is 1.79 bits per heavy atom. The number of halogens is 1. The second-order valence-electron chi connectivity index (χ2n) is 6.53. The van der Waals surface area contributed by atoms with Gasteiger partial charge in [-0.2, -0.15) is 0 Å². The summed E-state index contributed by atoms with van der Waals surface area (Å²) >= 11 is 0. The minimum atomic E-state index is -3.81. The first-order valence-corrected chi connectivity index (χ1v) is 9.88. The third-order valence-electron chi connectivity index (χ3n) is 4.22. The summed E-state index contributed by atoms with van der Waals surface area (Å²) in [5, 5.41) is 9.46. The van der Waals surface area contributed by atoms with E-state index in [1.807, 2.05) is 0 Å². The molecule has 2 heterocycles. The Balaban J connectivity index is 2.10. The van der Waals surface area contributed by atoms with Gasteiger partial charge in [0, 0.05) is 18.6 Å². The van der Waals surface area contributed by atoms with Crippen LogP contribution in [0.1, 0.15) is 19.4 Å². The van der Waals surface area contributed by atoms with Crippen molar-refractivity contribution >= 4 is 21.2 Å². The van der Waals surface area contributed by atoms with E-state index in [4.69, 9.17) is 0 Å². The zero-order valence-electron chi connectivity index (χ0n) is 15.1. The predicted octanol–water partition coefficient (Wildman–Crippen LogP) is 1.50. The number of benzene rings is 1. The number of pyridine rings is 1. The molecule has 8 nitrogen and oxygen atoms in total. The zero-order valence-corrected chi connectivity index (χ0v) is 15.9. The Kier molecular flexibility index (Phi) is 4.99. The lowest BCUT2D eigenvalue weighted by atomic mass is 10.2. The second-order valence-corrected chi connectivity index (χ2v) is 8.77. The minimum Gasteiger partial charge on any atom is -0.502 e. The average molecular weight is 407 g/mol. The topological polar surface area (TPSA) is 110 Å². The SMILES string of the molecule is CC(C)S(=O)(=O)Nc1cn2ccn(Cc3ccc(F)cc3)c(=O)c2c(O)c1=O. The van der Waals surface area contributed by atoms with Crippen LogP contribution in [0.25, 0.3) is 5.52 Å². The molecule has 0 atom stereocenters. The van der Waals surface area contributed by atoms with Crippen molar-refractivity contribution in [3.63, 3.8) is 0 Å². The number of hydrogen-bond donors (Lipinski definition) is 2. The fourth-order valence-electron chi connectivity index (χ4n) is 2.56. The van der Waals surface area contributed by atoms with E-state index >= 15 is 0 Å². The molecule has 0 bridgehead atoms. The van der Waals surface area contributed by atoms with Gasteiger partial charge in [0.15, 0.2) is 11.3 Å². The fraction of sp³-hybridized carbons (Fsp3) is 0.222. The summed E-state index contributed by atoms with van der Waals surface area (Å²) in [6.45, 7) is 2.98. The number of anilines is 1. The quantitative estimate of drug-likeness (QED) is 0.666. The molecule has 2 N–H and O–H groups in total. The molecule has 0 fully saturated rings. The normalized spacial score (nSPS) is 11.9. The van der Waals surface area contributed by atoms with Gasteiger partial charge in [-0.25, -0.2) is 12.8 Å². The largest absolute Gasteiger partial charge is 0.502 e. The third-order valence-corrected chi connectivity index (χ3v) is 5.97. The van der Waals surface area contributed by atoms with E-state index in [1.54, 1.807) is 0 Å². The Morgan fingerprint density at radius 1 is 1.14 bits per heavy atom. The molecule has 0 saturated heterocycles. The number of rotatable bonds is 5. The van der Waals surface area contributed by atoms with Crippen molar-refractivity contribution in [2.24, 2.45) is 0 Å². The van der Waals surface area contributed by atoms with Crippen LogP contribution in [0.3, 0.4) is 0 Å². The van der Waals surface area contributed by atoms with Crippen molar-refractivity contribution in [3.8, 4) is 5.75 Å². The summed E-state index contributed by atoms with van der Waals surface area (Å²) in [4.78, 5) is 25.1. The summed E-state index contributed by atoms with van der Waals surface area (Å²) in [7, 11) is -3.81. The zero-order chi connectivity index (χ0) is 20.6. The number of nitrogens with one attached hydrogen (secondary N) is 1. The summed E-state index contributed by atoms with van der Waals surface area (Å²) in [6.07, 6.45) is 3.97. The highest BCUT2D eigenvalue weighted by Crippen LogP contribution is 2.16. The van der Waals surface area contributed by atoms with Gasteiger partial charge >= 0.3 is 0 Å². The number of sulfonamides is 1. The summed E-state index contributed by atoms with van der Waals surface area (Å²) in [5.74, 6) is -1.27. The van der Waals surface area contributed by atoms with Crippen LogP contribution in [0.4, 0.5) is 10.1 Å². The number of nitrogens with zero attached hydrogens (tertiary/aromatic N) is 2. The molecular formula is C18H18FN3O5S. The van der Waals surface area contributed by atoms with Crippen LogP contribution in [0, 0.1) is 5.82 Å². The van der Waals surface area contributed by atoms with Gasteiger partial charge in [0.1, 0.15) is 11.5 Å². The van der Waals surface area contributed by atoms with Gasteiger partial charge in [-0.05, 0) is 31.5 Å². The molecule has 28 heavy (non-hydrogen) atoms. The fourth-order valence-corrected chi connectivity index (χ4v) is 3.25. The van der Waals surface area contributed by atoms with Crippen molar-refractivity contribution < 1.29 is 17.9 Å². The van der Waals surface area contributed by atoms with Crippen LogP contribution in [-0.2, 0) is 16.6 Å². The maximum atomic E-state index is 13.0. The highest BCUT2D eigenvalue weighted by atomic mass is 32.2. The minimum absolute atomic E-state index is 0.102. The van der Waals surface area contributed by atoms with Gasteiger partial charge < -0.3 is 14.1 Å². The Hall–Kier alpha value is -3.14. The summed E-state index contributed by atoms with van der Waals surface area (Å²) in [5.41, 5.74) is -1.65. The standard InChI is InChI=1S/C18H18FN3O5S/c1-11(2)28(26,27)20-14-10-21-7-8-22(9-12-3-5-13(19)6-4-12)18(25)15(21)17(24)16(14)23/h3-8,10-11,20,24H,9H2,1-2H3. The second kappa shape index (κ2) is 7.12. The first-order chi connectivity index (χ1) is 13.1. The van der Waals surface area contributed by atoms with Crippen LogP contribution in [0.5, 0.6) is 5.75 Å². The maximum Gasteiger partial charge on any atom is 0.279 e. The van der Waals surface area contributed by atoms with Crippen LogP contribution in [-0.4, -0.2) is 27.7 Å². The predicted molar refractivity (Wildman–Crippen MR) is 103 cm³/mol. The number of aromatic hydroxyl groups is 1. The van der Waals surface area contributed by atoms with Gasteiger partial charge in [0.2, 0.25) is 15.5 Å². The van der Waals surface area contributed by atoms with Crippen molar-refractivity contribution in [1.82, 2.24) is 8.97 Å². The summed E-state index contributed by atoms with van der Waals surface area (Å²) in [6, 6.07) is 5.55. The van der Waals surface area contributed by atoms with Gasteiger partial charge in [0.25, 0.3) is 5.56 Å². The Bertz CT molecular complexity index is 1260. The van der Waals surface area contributed by atoms with Crippen LogP contribution in [0.2, 0.25) is 0 Å². The molecule has 0 unspecified atom stereocenters. The van der Waals surface area contributed by atoms with Crippen LogP contribution in [0.15, 0.2) is 52.4 Å². The number of fused-ring (bicyclic) bond motifs is 1. The average Bonchev–Trinajstić information content (AvgIpc) is 2.63. The third kappa shape index (κ3) is 3.63. The Morgan fingerprint density at radius 3 is 2.39 bits per heavy atom. The van der Waals surface area contributed by atoms with E-state index in [0.29, 0.717) is 5.56 Å². The van der Waals surface area contributed by atoms with E-state index in [-0.39, 0.29) is 17.7 Å². The number of hydrogen-bond acceptors (Lipinski definition) is 5. The first-order valence-electron chi connectivity index (χ1n) is 8.33. The van der Waals surface area contributed by atoms with E-state index in [9.17, 15) is 27.5 Å². The van der Waals surface area contributed by atoms with E-state index in [1.165, 1.54) is 59.5 Å². The molecule has 0 amide bonds. The molecule has 0 aliphatic rings. The molecule has 2 aromatic heterocycles. The van der Waals surface area contributed by atoms with E-state index < -0.39 is 37.8 Å². The van der Waals surface area contributed by atoms with Gasteiger partial charge in [-0.3, -0.25) is 14.3 Å². The Labute approximate surface area is 159 Å².